The lowest BCUT2D eigenvalue weighted by Crippen LogP contribution is -2.44. The lowest BCUT2D eigenvalue weighted by atomic mass is 9.94. The van der Waals surface area contributed by atoms with Crippen LogP contribution < -0.4 is 5.73 Å². The average molecular weight is 383 g/mol. The third-order valence-corrected chi connectivity index (χ3v) is 5.87. The first kappa shape index (κ1) is 17.8. The van der Waals surface area contributed by atoms with E-state index in [2.05, 4.69) is 15.1 Å². The van der Waals surface area contributed by atoms with E-state index in [1.165, 1.54) is 0 Å². The van der Waals surface area contributed by atoms with Crippen LogP contribution in [0.2, 0.25) is 0 Å². The average Bonchev–Trinajstić information content (AvgIpc) is 3.29. The Labute approximate surface area is 161 Å². The molecule has 0 saturated heterocycles. The fourth-order valence-corrected chi connectivity index (χ4v) is 4.28. The number of hydrogen-bond donors (Lipinski definition) is 1. The van der Waals surface area contributed by atoms with Gasteiger partial charge in [0.05, 0.1) is 10.9 Å². The molecule has 2 N–H and O–H groups in total. The van der Waals surface area contributed by atoms with E-state index in [4.69, 9.17) is 10.3 Å². The fourth-order valence-electron chi connectivity index (χ4n) is 3.43. The number of fused-ring (bicyclic) bond motifs is 1. The summed E-state index contributed by atoms with van der Waals surface area (Å²) in [6, 6.07) is 1.53. The van der Waals surface area contributed by atoms with Crippen LogP contribution in [0, 0.1) is 13.8 Å². The van der Waals surface area contributed by atoms with Gasteiger partial charge < -0.3 is 15.2 Å². The predicted molar refractivity (Wildman–Crippen MR) is 103 cm³/mol. The molecule has 0 bridgehead atoms. The predicted octanol–water partition coefficient (Wildman–Crippen LogP) is 2.71. The fraction of sp³-hybridized carbons (Fsp3) is 0.368. The molecule has 3 aromatic rings. The second-order valence-electron chi connectivity index (χ2n) is 6.88. The van der Waals surface area contributed by atoms with Gasteiger partial charge in [0.15, 0.2) is 0 Å². The maximum atomic E-state index is 12.2. The SMILES string of the molecule is Cc1ccsc1-c1nc(-c2c(C)ncc3c2CCN(C(=O)[C@H](C)N)C3)no1. The Balaban J connectivity index is 1.71. The number of rotatable bonds is 3. The first-order valence-electron chi connectivity index (χ1n) is 8.86. The van der Waals surface area contributed by atoms with Crippen LogP contribution in [0.25, 0.3) is 22.2 Å². The summed E-state index contributed by atoms with van der Waals surface area (Å²) in [5.41, 5.74) is 10.8. The lowest BCUT2D eigenvalue weighted by Gasteiger charge is -2.31. The number of aromatic nitrogens is 3. The first-order chi connectivity index (χ1) is 13.0. The van der Waals surface area contributed by atoms with Crippen LogP contribution in [0.1, 0.15) is 29.3 Å². The second-order valence-corrected chi connectivity index (χ2v) is 7.79. The maximum absolute atomic E-state index is 12.2. The molecule has 0 aromatic carbocycles. The molecular formula is C19H21N5O2S. The molecule has 0 saturated carbocycles. The number of pyridine rings is 1. The van der Waals surface area contributed by atoms with E-state index >= 15 is 0 Å². The summed E-state index contributed by atoms with van der Waals surface area (Å²) in [5, 5.41) is 6.22. The van der Waals surface area contributed by atoms with Gasteiger partial charge in [0.25, 0.3) is 5.89 Å². The topological polar surface area (TPSA) is 98.1 Å². The highest BCUT2D eigenvalue weighted by atomic mass is 32.1. The Kier molecular flexibility index (Phi) is 4.53. The van der Waals surface area contributed by atoms with Crippen LogP contribution in [0.4, 0.5) is 0 Å². The Hall–Kier alpha value is -2.58. The number of carbonyl (C=O) groups is 1. The molecule has 27 heavy (non-hydrogen) atoms. The maximum Gasteiger partial charge on any atom is 0.268 e. The van der Waals surface area contributed by atoms with Crippen molar-refractivity contribution < 1.29 is 9.32 Å². The number of hydrogen-bond acceptors (Lipinski definition) is 7. The van der Waals surface area contributed by atoms with Crippen LogP contribution >= 0.6 is 11.3 Å². The number of thiophene rings is 1. The molecule has 0 unspecified atom stereocenters. The largest absolute Gasteiger partial charge is 0.337 e. The van der Waals surface area contributed by atoms with Crippen LogP contribution in [0.5, 0.6) is 0 Å². The molecule has 4 rings (SSSR count). The molecule has 0 radical (unpaired) electrons. The lowest BCUT2D eigenvalue weighted by molar-refractivity contribution is -0.133. The number of aryl methyl sites for hydroxylation is 2. The Morgan fingerprint density at radius 3 is 2.93 bits per heavy atom. The minimum Gasteiger partial charge on any atom is -0.337 e. The molecule has 1 aliphatic heterocycles. The van der Waals surface area contributed by atoms with Crippen LogP contribution in [-0.4, -0.2) is 38.5 Å². The van der Waals surface area contributed by atoms with E-state index < -0.39 is 6.04 Å². The van der Waals surface area contributed by atoms with Gasteiger partial charge in [-0.2, -0.15) is 4.98 Å². The molecule has 1 aliphatic rings. The standard InChI is InChI=1S/C19H21N5O2S/c1-10-5-7-27-16(10)18-22-17(23-26-18)15-12(3)21-8-13-9-24(6-4-14(13)15)19(25)11(2)20/h5,7-8,11H,4,6,9,20H2,1-3H3/t11-/m0/s1. The minimum atomic E-state index is -0.502. The van der Waals surface area contributed by atoms with E-state index in [1.54, 1.807) is 23.2 Å². The van der Waals surface area contributed by atoms with Gasteiger partial charge in [0.2, 0.25) is 11.7 Å². The summed E-state index contributed by atoms with van der Waals surface area (Å²) in [7, 11) is 0. The molecule has 3 aromatic heterocycles. The van der Waals surface area contributed by atoms with Gasteiger partial charge in [-0.3, -0.25) is 9.78 Å². The summed E-state index contributed by atoms with van der Waals surface area (Å²) < 4.78 is 5.52. The number of nitrogens with two attached hydrogens (primary N) is 1. The van der Waals surface area contributed by atoms with Crippen molar-refractivity contribution in [2.45, 2.75) is 39.8 Å². The van der Waals surface area contributed by atoms with Crippen molar-refractivity contribution in [1.29, 1.82) is 0 Å². The molecule has 140 valence electrons. The van der Waals surface area contributed by atoms with E-state index in [9.17, 15) is 4.79 Å². The molecule has 1 atom stereocenters. The van der Waals surface area contributed by atoms with Crippen molar-refractivity contribution in [3.63, 3.8) is 0 Å². The van der Waals surface area contributed by atoms with Gasteiger partial charge in [0, 0.05) is 30.5 Å². The molecule has 1 amide bonds. The van der Waals surface area contributed by atoms with Crippen molar-refractivity contribution in [3.8, 4) is 22.2 Å². The van der Waals surface area contributed by atoms with Gasteiger partial charge in [-0.15, -0.1) is 11.3 Å². The van der Waals surface area contributed by atoms with Crippen molar-refractivity contribution in [2.24, 2.45) is 5.73 Å². The third kappa shape index (κ3) is 3.15. The van der Waals surface area contributed by atoms with Gasteiger partial charge in [-0.1, -0.05) is 5.16 Å². The van der Waals surface area contributed by atoms with Crippen LogP contribution in [0.15, 0.2) is 22.2 Å². The molecule has 8 heteroatoms. The van der Waals surface area contributed by atoms with E-state index in [1.807, 2.05) is 31.5 Å². The second kappa shape index (κ2) is 6.86. The smallest absolute Gasteiger partial charge is 0.268 e. The van der Waals surface area contributed by atoms with E-state index in [0.29, 0.717) is 31.2 Å². The summed E-state index contributed by atoms with van der Waals surface area (Å²) >= 11 is 1.58. The normalized spacial score (nSPS) is 14.9. The van der Waals surface area contributed by atoms with Gasteiger partial charge in [-0.05, 0) is 55.3 Å². The highest BCUT2D eigenvalue weighted by molar-refractivity contribution is 7.13. The van der Waals surface area contributed by atoms with E-state index in [0.717, 1.165) is 32.8 Å². The highest BCUT2D eigenvalue weighted by Crippen LogP contribution is 2.33. The molecule has 0 fully saturated rings. The molecule has 0 aliphatic carbocycles. The molecule has 4 heterocycles. The Morgan fingerprint density at radius 2 is 2.22 bits per heavy atom. The van der Waals surface area contributed by atoms with Crippen molar-refractivity contribution in [2.75, 3.05) is 6.54 Å². The van der Waals surface area contributed by atoms with Gasteiger partial charge >= 0.3 is 0 Å². The summed E-state index contributed by atoms with van der Waals surface area (Å²) in [6.07, 6.45) is 2.55. The van der Waals surface area contributed by atoms with Crippen molar-refractivity contribution in [3.05, 3.63) is 40.0 Å². The monoisotopic (exact) mass is 383 g/mol. The zero-order valence-corrected chi connectivity index (χ0v) is 16.3. The highest BCUT2D eigenvalue weighted by Gasteiger charge is 2.27. The van der Waals surface area contributed by atoms with Crippen molar-refractivity contribution >= 4 is 17.2 Å². The molecule has 7 nitrogen and oxygen atoms in total. The van der Waals surface area contributed by atoms with Crippen molar-refractivity contribution in [1.82, 2.24) is 20.0 Å². The number of amides is 1. The number of nitrogens with zero attached hydrogens (tertiary/aromatic N) is 4. The summed E-state index contributed by atoms with van der Waals surface area (Å²) in [5.74, 6) is 1.03. The number of carbonyl (C=O) groups excluding carboxylic acids is 1. The minimum absolute atomic E-state index is 0.0437. The van der Waals surface area contributed by atoms with Crippen LogP contribution in [0.3, 0.4) is 0 Å². The van der Waals surface area contributed by atoms with Crippen LogP contribution in [-0.2, 0) is 17.8 Å². The Bertz CT molecular complexity index is 1010. The summed E-state index contributed by atoms with van der Waals surface area (Å²) in [4.78, 5) is 24.1. The van der Waals surface area contributed by atoms with Gasteiger partial charge in [0.1, 0.15) is 0 Å². The van der Waals surface area contributed by atoms with E-state index in [-0.39, 0.29) is 5.91 Å². The van der Waals surface area contributed by atoms with Gasteiger partial charge in [-0.25, -0.2) is 0 Å². The Morgan fingerprint density at radius 1 is 1.41 bits per heavy atom. The molecular weight excluding hydrogens is 362 g/mol. The quantitative estimate of drug-likeness (QED) is 0.747. The first-order valence-corrected chi connectivity index (χ1v) is 9.74. The zero-order valence-electron chi connectivity index (χ0n) is 15.5. The third-order valence-electron chi connectivity index (χ3n) is 4.87. The summed E-state index contributed by atoms with van der Waals surface area (Å²) in [6.45, 7) is 6.81. The zero-order chi connectivity index (χ0) is 19.1. The molecule has 0 spiro atoms.